The standard InChI is InChI=1S/C14H20N2O3S/c1-14(2,9-8-12(17)18)16-13(19)15-10-4-6-11(20-3)7-5-10/h4-7H,8-9H2,1-3H3,(H,17,18)(H2,15,16,19). The third-order valence-corrected chi connectivity index (χ3v) is 3.51. The Morgan fingerprint density at radius 2 is 1.85 bits per heavy atom. The normalized spacial score (nSPS) is 10.9. The molecule has 0 radical (unpaired) electrons. The Bertz CT molecular complexity index is 472. The molecule has 1 rings (SSSR count). The van der Waals surface area contributed by atoms with Crippen molar-refractivity contribution in [3.63, 3.8) is 0 Å². The second-order valence-corrected chi connectivity index (χ2v) is 5.96. The zero-order chi connectivity index (χ0) is 15.2. The largest absolute Gasteiger partial charge is 0.481 e. The van der Waals surface area contributed by atoms with Crippen molar-refractivity contribution in [2.24, 2.45) is 0 Å². The Morgan fingerprint density at radius 3 is 2.35 bits per heavy atom. The smallest absolute Gasteiger partial charge is 0.319 e. The van der Waals surface area contributed by atoms with Gasteiger partial charge < -0.3 is 15.7 Å². The van der Waals surface area contributed by atoms with Crippen molar-refractivity contribution in [2.75, 3.05) is 11.6 Å². The summed E-state index contributed by atoms with van der Waals surface area (Å²) in [6.45, 7) is 3.60. The van der Waals surface area contributed by atoms with Gasteiger partial charge in [-0.2, -0.15) is 0 Å². The van der Waals surface area contributed by atoms with E-state index in [9.17, 15) is 9.59 Å². The van der Waals surface area contributed by atoms with E-state index in [1.165, 1.54) is 0 Å². The molecule has 0 fully saturated rings. The molecule has 2 amide bonds. The zero-order valence-corrected chi connectivity index (χ0v) is 12.7. The van der Waals surface area contributed by atoms with Gasteiger partial charge in [0.2, 0.25) is 0 Å². The molecule has 3 N–H and O–H groups in total. The zero-order valence-electron chi connectivity index (χ0n) is 11.9. The van der Waals surface area contributed by atoms with Gasteiger partial charge in [-0.3, -0.25) is 4.79 Å². The molecule has 110 valence electrons. The van der Waals surface area contributed by atoms with E-state index in [0.29, 0.717) is 12.1 Å². The maximum absolute atomic E-state index is 11.9. The number of nitrogens with one attached hydrogen (secondary N) is 2. The van der Waals surface area contributed by atoms with E-state index in [1.807, 2.05) is 30.5 Å². The van der Waals surface area contributed by atoms with E-state index in [1.54, 1.807) is 25.6 Å². The van der Waals surface area contributed by atoms with Crippen LogP contribution < -0.4 is 10.6 Å². The third kappa shape index (κ3) is 5.97. The maximum Gasteiger partial charge on any atom is 0.319 e. The van der Waals surface area contributed by atoms with Gasteiger partial charge in [-0.25, -0.2) is 4.79 Å². The molecule has 0 unspecified atom stereocenters. The van der Waals surface area contributed by atoms with Gasteiger partial charge in [0.25, 0.3) is 0 Å². The van der Waals surface area contributed by atoms with Crippen LogP contribution in [0.3, 0.4) is 0 Å². The fourth-order valence-corrected chi connectivity index (χ4v) is 2.03. The van der Waals surface area contributed by atoms with Crippen LogP contribution >= 0.6 is 11.8 Å². The number of benzene rings is 1. The van der Waals surface area contributed by atoms with Crippen LogP contribution in [0.4, 0.5) is 10.5 Å². The summed E-state index contributed by atoms with van der Waals surface area (Å²) in [5.74, 6) is -0.868. The molecule has 1 aromatic rings. The first-order valence-corrected chi connectivity index (χ1v) is 7.50. The summed E-state index contributed by atoms with van der Waals surface area (Å²) in [6, 6.07) is 7.18. The molecule has 20 heavy (non-hydrogen) atoms. The highest BCUT2D eigenvalue weighted by Gasteiger charge is 2.21. The quantitative estimate of drug-likeness (QED) is 0.705. The molecule has 0 saturated carbocycles. The fourth-order valence-electron chi connectivity index (χ4n) is 1.63. The van der Waals surface area contributed by atoms with Crippen LogP contribution in [0, 0.1) is 0 Å². The lowest BCUT2D eigenvalue weighted by Gasteiger charge is -2.25. The predicted molar refractivity (Wildman–Crippen MR) is 81.3 cm³/mol. The van der Waals surface area contributed by atoms with Gasteiger partial charge in [0, 0.05) is 22.5 Å². The molecule has 0 spiro atoms. The van der Waals surface area contributed by atoms with Crippen molar-refractivity contribution in [1.82, 2.24) is 5.32 Å². The summed E-state index contributed by atoms with van der Waals surface area (Å²) >= 11 is 1.63. The molecular weight excluding hydrogens is 276 g/mol. The van der Waals surface area contributed by atoms with Crippen LogP contribution in [0.2, 0.25) is 0 Å². The summed E-state index contributed by atoms with van der Waals surface area (Å²) < 4.78 is 0. The molecule has 0 aliphatic carbocycles. The number of hydrogen-bond donors (Lipinski definition) is 3. The van der Waals surface area contributed by atoms with Gasteiger partial charge >= 0.3 is 12.0 Å². The topological polar surface area (TPSA) is 78.4 Å². The first kappa shape index (κ1) is 16.4. The molecule has 0 bridgehead atoms. The van der Waals surface area contributed by atoms with E-state index < -0.39 is 11.5 Å². The summed E-state index contributed by atoms with van der Waals surface area (Å²) in [5.41, 5.74) is 0.135. The molecule has 0 saturated heterocycles. The number of carboxylic acid groups (broad SMARTS) is 1. The number of hydrogen-bond acceptors (Lipinski definition) is 3. The van der Waals surface area contributed by atoms with Crippen LogP contribution in [0.15, 0.2) is 29.2 Å². The highest BCUT2D eigenvalue weighted by molar-refractivity contribution is 7.98. The van der Waals surface area contributed by atoms with E-state index >= 15 is 0 Å². The Labute approximate surface area is 123 Å². The predicted octanol–water partition coefficient (Wildman–Crippen LogP) is 3.17. The minimum absolute atomic E-state index is 0.0235. The molecule has 0 aliphatic rings. The molecule has 1 aromatic carbocycles. The van der Waals surface area contributed by atoms with Crippen LogP contribution in [-0.4, -0.2) is 28.9 Å². The number of rotatable bonds is 6. The minimum Gasteiger partial charge on any atom is -0.481 e. The van der Waals surface area contributed by atoms with Crippen LogP contribution in [0.25, 0.3) is 0 Å². The van der Waals surface area contributed by atoms with Gasteiger partial charge in [0.05, 0.1) is 0 Å². The van der Waals surface area contributed by atoms with Gasteiger partial charge in [-0.15, -0.1) is 11.8 Å². The summed E-state index contributed by atoms with van der Waals surface area (Å²) in [4.78, 5) is 23.5. The van der Waals surface area contributed by atoms with E-state index in [-0.39, 0.29) is 12.5 Å². The molecular formula is C14H20N2O3S. The van der Waals surface area contributed by atoms with Gasteiger partial charge in [-0.1, -0.05) is 0 Å². The number of carbonyl (C=O) groups excluding carboxylic acids is 1. The Kier molecular flexibility index (Phi) is 5.88. The van der Waals surface area contributed by atoms with Crippen molar-refractivity contribution >= 4 is 29.4 Å². The highest BCUT2D eigenvalue weighted by Crippen LogP contribution is 2.18. The first-order chi connectivity index (χ1) is 9.32. The maximum atomic E-state index is 11.9. The SMILES string of the molecule is CSc1ccc(NC(=O)NC(C)(C)CCC(=O)O)cc1. The molecule has 5 nitrogen and oxygen atoms in total. The average Bonchev–Trinajstić information content (AvgIpc) is 2.37. The lowest BCUT2D eigenvalue weighted by molar-refractivity contribution is -0.137. The Morgan fingerprint density at radius 1 is 1.25 bits per heavy atom. The lowest BCUT2D eigenvalue weighted by Crippen LogP contribution is -2.45. The van der Waals surface area contributed by atoms with Crippen LogP contribution in [0.5, 0.6) is 0 Å². The van der Waals surface area contributed by atoms with Gasteiger partial charge in [0.1, 0.15) is 0 Å². The number of thioether (sulfide) groups is 1. The fraction of sp³-hybridized carbons (Fsp3) is 0.429. The molecule has 0 aromatic heterocycles. The van der Waals surface area contributed by atoms with E-state index in [0.717, 1.165) is 4.90 Å². The number of amides is 2. The summed E-state index contributed by atoms with van der Waals surface area (Å²) in [6.07, 6.45) is 2.39. The van der Waals surface area contributed by atoms with Crippen LogP contribution in [0.1, 0.15) is 26.7 Å². The first-order valence-electron chi connectivity index (χ1n) is 6.27. The lowest BCUT2D eigenvalue weighted by atomic mass is 9.99. The Balaban J connectivity index is 2.51. The Hall–Kier alpha value is -1.69. The second kappa shape index (κ2) is 7.19. The molecule has 0 atom stereocenters. The van der Waals surface area contributed by atoms with Crippen molar-refractivity contribution in [2.45, 2.75) is 37.1 Å². The average molecular weight is 296 g/mol. The van der Waals surface area contributed by atoms with Crippen molar-refractivity contribution < 1.29 is 14.7 Å². The third-order valence-electron chi connectivity index (χ3n) is 2.76. The van der Waals surface area contributed by atoms with Crippen molar-refractivity contribution in [1.29, 1.82) is 0 Å². The summed E-state index contributed by atoms with van der Waals surface area (Å²) in [5, 5.41) is 14.2. The van der Waals surface area contributed by atoms with Crippen molar-refractivity contribution in [3.05, 3.63) is 24.3 Å². The van der Waals surface area contributed by atoms with E-state index in [4.69, 9.17) is 5.11 Å². The number of anilines is 1. The minimum atomic E-state index is -0.868. The number of carboxylic acids is 1. The number of aliphatic carboxylic acids is 1. The molecule has 0 heterocycles. The van der Waals surface area contributed by atoms with Crippen LogP contribution in [-0.2, 0) is 4.79 Å². The second-order valence-electron chi connectivity index (χ2n) is 5.09. The highest BCUT2D eigenvalue weighted by atomic mass is 32.2. The van der Waals surface area contributed by atoms with Gasteiger partial charge in [0.15, 0.2) is 0 Å². The van der Waals surface area contributed by atoms with E-state index in [2.05, 4.69) is 10.6 Å². The number of urea groups is 1. The monoisotopic (exact) mass is 296 g/mol. The molecule has 0 aliphatic heterocycles. The number of carbonyl (C=O) groups is 2. The van der Waals surface area contributed by atoms with Crippen molar-refractivity contribution in [3.8, 4) is 0 Å². The summed E-state index contributed by atoms with van der Waals surface area (Å²) in [7, 11) is 0. The molecule has 6 heteroatoms. The van der Waals surface area contributed by atoms with Gasteiger partial charge in [-0.05, 0) is 50.8 Å².